The Bertz CT molecular complexity index is 388. The highest BCUT2D eigenvalue weighted by Crippen LogP contribution is 2.11. The number of nitro groups is 1. The first kappa shape index (κ1) is 11.8. The Hall–Kier alpha value is -2.31. The summed E-state index contributed by atoms with van der Waals surface area (Å²) in [6, 6.07) is 7.17. The minimum absolute atomic E-state index is 0.221. The molecule has 16 heavy (non-hydrogen) atoms. The maximum absolute atomic E-state index is 10.0. The molecule has 3 N–H and O–H groups in total. The van der Waals surface area contributed by atoms with Crippen LogP contribution in [0.5, 0.6) is 5.75 Å². The van der Waals surface area contributed by atoms with Crippen molar-refractivity contribution in [3.05, 3.63) is 39.9 Å². The molecule has 1 aromatic rings. The number of hydrogen-bond donors (Lipinski definition) is 2. The first-order chi connectivity index (χ1) is 7.61. The van der Waals surface area contributed by atoms with Crippen LogP contribution >= 0.6 is 0 Å². The molecule has 7 heteroatoms. The Balaban J connectivity index is 2.56. The van der Waals surface area contributed by atoms with Crippen molar-refractivity contribution in [3.8, 4) is 5.75 Å². The van der Waals surface area contributed by atoms with Gasteiger partial charge in [0.05, 0.1) is 13.7 Å². The van der Waals surface area contributed by atoms with Gasteiger partial charge in [0, 0.05) is 0 Å². The third-order valence-corrected chi connectivity index (χ3v) is 1.80. The van der Waals surface area contributed by atoms with E-state index in [4.69, 9.17) is 10.5 Å². The molecule has 0 unspecified atom stereocenters. The topological polar surface area (TPSA) is 103 Å². The van der Waals surface area contributed by atoms with Gasteiger partial charge in [0.15, 0.2) is 5.03 Å². The first-order valence-electron chi connectivity index (χ1n) is 4.45. The molecular weight excluding hydrogens is 212 g/mol. The minimum atomic E-state index is -0.757. The molecule has 1 aromatic carbocycles. The number of ether oxygens (including phenoxy) is 1. The van der Waals surface area contributed by atoms with E-state index < -0.39 is 5.03 Å². The molecule has 0 radical (unpaired) electrons. The van der Waals surface area contributed by atoms with E-state index in [1.54, 1.807) is 24.7 Å². The summed E-state index contributed by atoms with van der Waals surface area (Å²) in [5, 5.41) is 9.26. The molecule has 0 fully saturated rings. The van der Waals surface area contributed by atoms with Crippen LogP contribution in [0, 0.1) is 10.1 Å². The molecule has 0 saturated heterocycles. The third-order valence-electron chi connectivity index (χ3n) is 1.80. The van der Waals surface area contributed by atoms with Crippen LogP contribution in [0.2, 0.25) is 0 Å². The Morgan fingerprint density at radius 3 is 2.69 bits per heavy atom. The van der Waals surface area contributed by atoms with Gasteiger partial charge in [-0.3, -0.25) is 0 Å². The summed E-state index contributed by atoms with van der Waals surface area (Å²) in [5.74, 6) is 0.518. The second-order valence-corrected chi connectivity index (χ2v) is 2.92. The third kappa shape index (κ3) is 3.82. The van der Waals surface area contributed by atoms with Crippen LogP contribution in [0.25, 0.3) is 0 Å². The summed E-state index contributed by atoms with van der Waals surface area (Å²) in [6.45, 7) is 0.274. The summed E-state index contributed by atoms with van der Waals surface area (Å²) in [7, 11) is 1.58. The normalized spacial score (nSPS) is 10.9. The van der Waals surface area contributed by atoms with Gasteiger partial charge in [-0.1, -0.05) is 17.6 Å². The Labute approximate surface area is 92.0 Å². The van der Waals surface area contributed by atoms with Gasteiger partial charge < -0.3 is 10.5 Å². The molecule has 0 heterocycles. The number of rotatable bonds is 4. The summed E-state index contributed by atoms with van der Waals surface area (Å²) < 4.78 is 4.99. The SMILES string of the molecule is COc1ccc(CN=C(N)N[N+](=O)[O-])cc1. The van der Waals surface area contributed by atoms with E-state index in [0.29, 0.717) is 0 Å². The van der Waals surface area contributed by atoms with E-state index >= 15 is 0 Å². The second kappa shape index (κ2) is 5.54. The smallest absolute Gasteiger partial charge is 0.251 e. The van der Waals surface area contributed by atoms with Crippen molar-refractivity contribution < 1.29 is 9.77 Å². The van der Waals surface area contributed by atoms with Gasteiger partial charge in [-0.05, 0) is 17.7 Å². The number of nitrogens with two attached hydrogens (primary N) is 1. The molecular formula is C9H12N4O3. The molecule has 0 spiro atoms. The summed E-state index contributed by atoms with van der Waals surface area (Å²) in [4.78, 5) is 13.8. The molecule has 0 aliphatic carbocycles. The van der Waals surface area contributed by atoms with E-state index in [0.717, 1.165) is 11.3 Å². The average molecular weight is 224 g/mol. The fourth-order valence-electron chi connectivity index (χ4n) is 1.04. The van der Waals surface area contributed by atoms with Gasteiger partial charge in [0.1, 0.15) is 5.75 Å². The molecule has 1 rings (SSSR count). The number of nitrogens with zero attached hydrogens (tertiary/aromatic N) is 2. The van der Waals surface area contributed by atoms with Gasteiger partial charge in [-0.25, -0.2) is 15.1 Å². The van der Waals surface area contributed by atoms with Crippen LogP contribution in [0.4, 0.5) is 0 Å². The predicted molar refractivity (Wildman–Crippen MR) is 58.5 cm³/mol. The van der Waals surface area contributed by atoms with Gasteiger partial charge in [0.2, 0.25) is 0 Å². The largest absolute Gasteiger partial charge is 0.497 e. The standard InChI is InChI=1S/C9H12N4O3/c1-16-8-4-2-7(3-5-8)6-11-9(10)12-13(14)15/h2-5H,6H2,1H3,(H3,10,11,12). The highest BCUT2D eigenvalue weighted by molar-refractivity contribution is 5.76. The molecule has 0 aliphatic rings. The monoisotopic (exact) mass is 224 g/mol. The first-order valence-corrected chi connectivity index (χ1v) is 4.45. The number of benzene rings is 1. The number of methoxy groups -OCH3 is 1. The quantitative estimate of drug-likeness (QED) is 0.331. The van der Waals surface area contributed by atoms with Crippen LogP contribution in [0.15, 0.2) is 29.3 Å². The Morgan fingerprint density at radius 2 is 2.19 bits per heavy atom. The molecule has 0 bridgehead atoms. The van der Waals surface area contributed by atoms with Crippen molar-refractivity contribution in [2.75, 3.05) is 7.11 Å². The molecule has 0 atom stereocenters. The average Bonchev–Trinajstić information content (AvgIpc) is 2.26. The molecule has 86 valence electrons. The summed E-state index contributed by atoms with van der Waals surface area (Å²) >= 11 is 0. The van der Waals surface area contributed by atoms with E-state index in [1.807, 2.05) is 12.1 Å². The predicted octanol–water partition coefficient (Wildman–Crippen LogP) is 0.291. The van der Waals surface area contributed by atoms with E-state index in [-0.39, 0.29) is 12.5 Å². The second-order valence-electron chi connectivity index (χ2n) is 2.92. The lowest BCUT2D eigenvalue weighted by molar-refractivity contribution is -0.525. The van der Waals surface area contributed by atoms with Gasteiger partial charge in [0.25, 0.3) is 5.96 Å². The molecule has 0 saturated carbocycles. The van der Waals surface area contributed by atoms with Crippen molar-refractivity contribution in [2.24, 2.45) is 10.7 Å². The highest BCUT2D eigenvalue weighted by Gasteiger charge is 1.98. The lowest BCUT2D eigenvalue weighted by Gasteiger charge is -2.01. The van der Waals surface area contributed by atoms with Crippen LogP contribution in [0.3, 0.4) is 0 Å². The van der Waals surface area contributed by atoms with E-state index in [2.05, 4.69) is 4.99 Å². The summed E-state index contributed by atoms with van der Waals surface area (Å²) in [6.07, 6.45) is 0. The Kier molecular flexibility index (Phi) is 4.07. The van der Waals surface area contributed by atoms with Crippen molar-refractivity contribution in [1.29, 1.82) is 0 Å². The lowest BCUT2D eigenvalue weighted by atomic mass is 10.2. The number of hydrazine groups is 1. The molecule has 0 aromatic heterocycles. The minimum Gasteiger partial charge on any atom is -0.497 e. The summed E-state index contributed by atoms with van der Waals surface area (Å²) in [5.41, 5.74) is 7.90. The van der Waals surface area contributed by atoms with Gasteiger partial charge in [-0.15, -0.1) is 0 Å². The van der Waals surface area contributed by atoms with Crippen molar-refractivity contribution >= 4 is 5.96 Å². The zero-order chi connectivity index (χ0) is 12.0. The number of guanidine groups is 1. The zero-order valence-corrected chi connectivity index (χ0v) is 8.71. The van der Waals surface area contributed by atoms with Crippen molar-refractivity contribution in [3.63, 3.8) is 0 Å². The zero-order valence-electron chi connectivity index (χ0n) is 8.71. The van der Waals surface area contributed by atoms with Crippen LogP contribution in [0.1, 0.15) is 5.56 Å². The molecule has 0 amide bonds. The molecule has 0 aliphatic heterocycles. The maximum atomic E-state index is 10.0. The maximum Gasteiger partial charge on any atom is 0.251 e. The number of nitrogens with one attached hydrogen (secondary N) is 1. The van der Waals surface area contributed by atoms with E-state index in [1.165, 1.54) is 0 Å². The van der Waals surface area contributed by atoms with Crippen molar-refractivity contribution in [1.82, 2.24) is 5.43 Å². The number of aliphatic imine (C=N–C) groups is 1. The lowest BCUT2D eigenvalue weighted by Crippen LogP contribution is -2.36. The van der Waals surface area contributed by atoms with Crippen LogP contribution in [-0.4, -0.2) is 18.1 Å². The van der Waals surface area contributed by atoms with Gasteiger partial charge in [-0.2, -0.15) is 0 Å². The van der Waals surface area contributed by atoms with Gasteiger partial charge >= 0.3 is 0 Å². The number of hydrogen-bond acceptors (Lipinski definition) is 4. The van der Waals surface area contributed by atoms with E-state index in [9.17, 15) is 10.1 Å². The fraction of sp³-hybridized carbons (Fsp3) is 0.222. The Morgan fingerprint density at radius 1 is 1.56 bits per heavy atom. The fourth-order valence-corrected chi connectivity index (χ4v) is 1.04. The van der Waals surface area contributed by atoms with Crippen molar-refractivity contribution in [2.45, 2.75) is 6.54 Å². The van der Waals surface area contributed by atoms with Crippen LogP contribution < -0.4 is 15.9 Å². The molecule has 7 nitrogen and oxygen atoms in total. The van der Waals surface area contributed by atoms with Crippen LogP contribution in [-0.2, 0) is 6.54 Å². The highest BCUT2D eigenvalue weighted by atomic mass is 16.7.